The summed E-state index contributed by atoms with van der Waals surface area (Å²) in [6, 6.07) is 9.22. The van der Waals surface area contributed by atoms with E-state index in [1.807, 2.05) is 4.90 Å². The fraction of sp³-hybridized carbons (Fsp3) is 0.567. The first-order valence-electron chi connectivity index (χ1n) is 14.0. The molecule has 2 saturated heterocycles. The number of benzene rings is 2. The van der Waals surface area contributed by atoms with E-state index in [0.717, 1.165) is 12.8 Å². The quantitative estimate of drug-likeness (QED) is 0.415. The maximum Gasteiger partial charge on any atom is 0.395 e. The van der Waals surface area contributed by atoms with Gasteiger partial charge in [0.1, 0.15) is 5.75 Å². The molecule has 1 saturated carbocycles. The zero-order valence-electron chi connectivity index (χ0n) is 22.4. The van der Waals surface area contributed by atoms with Crippen molar-refractivity contribution in [2.24, 2.45) is 11.3 Å². The first-order valence-corrected chi connectivity index (χ1v) is 14.0. The smallest absolute Gasteiger partial charge is 0.395 e. The number of ether oxygens (including phenoxy) is 1. The molecular weight excluding hydrogens is 531 g/mol. The molecule has 40 heavy (non-hydrogen) atoms. The van der Waals surface area contributed by atoms with Gasteiger partial charge in [-0.3, -0.25) is 4.79 Å². The molecule has 1 atom stereocenters. The fourth-order valence-electron chi connectivity index (χ4n) is 6.07. The van der Waals surface area contributed by atoms with E-state index in [9.17, 15) is 31.9 Å². The third-order valence-corrected chi connectivity index (χ3v) is 8.79. The molecule has 5 nitrogen and oxygen atoms in total. The van der Waals surface area contributed by atoms with Crippen LogP contribution in [0.2, 0.25) is 0 Å². The standard InChI is InChI=1S/C30H35F5N2O3/c31-26-24(8-9-25(27(26)32)28(39)37-14-1-3-22(38)17-37)21-4-6-23(7-5-21)40-18-20-10-15-36(16-11-20)19-29(12-2-13-29)30(33,34)35/h4-9,20,22,38H,1-3,10-19H2. The molecule has 0 radical (unpaired) electrons. The first kappa shape index (κ1) is 28.8. The number of hydrogen-bond acceptors (Lipinski definition) is 4. The fourth-order valence-corrected chi connectivity index (χ4v) is 6.07. The zero-order chi connectivity index (χ0) is 28.5. The molecule has 3 aliphatic rings. The number of likely N-dealkylation sites (tertiary alicyclic amines) is 2. The Labute approximate surface area is 230 Å². The van der Waals surface area contributed by atoms with Crippen molar-refractivity contribution >= 4 is 5.91 Å². The van der Waals surface area contributed by atoms with Crippen LogP contribution < -0.4 is 4.74 Å². The summed E-state index contributed by atoms with van der Waals surface area (Å²) in [4.78, 5) is 16.0. The maximum absolute atomic E-state index is 15.0. The highest BCUT2D eigenvalue weighted by Crippen LogP contribution is 2.53. The summed E-state index contributed by atoms with van der Waals surface area (Å²) in [5.41, 5.74) is -1.44. The minimum absolute atomic E-state index is 0.0229. The molecule has 1 amide bonds. The van der Waals surface area contributed by atoms with E-state index >= 15 is 0 Å². The van der Waals surface area contributed by atoms with Gasteiger partial charge >= 0.3 is 6.18 Å². The third-order valence-electron chi connectivity index (χ3n) is 8.79. The van der Waals surface area contributed by atoms with Crippen molar-refractivity contribution < 1.29 is 36.6 Å². The van der Waals surface area contributed by atoms with Gasteiger partial charge < -0.3 is 19.6 Å². The molecule has 2 aliphatic heterocycles. The number of aliphatic hydroxyl groups is 1. The third kappa shape index (κ3) is 5.98. The lowest BCUT2D eigenvalue weighted by molar-refractivity contribution is -0.256. The van der Waals surface area contributed by atoms with Crippen LogP contribution in [0.5, 0.6) is 5.75 Å². The van der Waals surface area contributed by atoms with Crippen LogP contribution in [0.1, 0.15) is 55.3 Å². The molecule has 1 unspecified atom stereocenters. The van der Waals surface area contributed by atoms with Crippen LogP contribution in [0.3, 0.4) is 0 Å². The maximum atomic E-state index is 15.0. The van der Waals surface area contributed by atoms with E-state index in [4.69, 9.17) is 4.74 Å². The van der Waals surface area contributed by atoms with E-state index in [0.29, 0.717) is 56.8 Å². The molecule has 2 heterocycles. The summed E-state index contributed by atoms with van der Waals surface area (Å²) in [7, 11) is 0. The molecule has 5 rings (SSSR count). The lowest BCUT2D eigenvalue weighted by atomic mass is 9.67. The summed E-state index contributed by atoms with van der Waals surface area (Å²) < 4.78 is 76.3. The zero-order valence-corrected chi connectivity index (χ0v) is 22.4. The Morgan fingerprint density at radius 3 is 2.25 bits per heavy atom. The van der Waals surface area contributed by atoms with Gasteiger partial charge in [-0.15, -0.1) is 0 Å². The summed E-state index contributed by atoms with van der Waals surface area (Å²) in [5, 5.41) is 9.80. The van der Waals surface area contributed by atoms with Crippen LogP contribution in [0.15, 0.2) is 36.4 Å². The molecule has 1 aliphatic carbocycles. The van der Waals surface area contributed by atoms with Gasteiger partial charge in [0.05, 0.1) is 23.7 Å². The number of alkyl halides is 3. The number of aliphatic hydroxyl groups excluding tert-OH is 1. The highest BCUT2D eigenvalue weighted by Gasteiger charge is 2.58. The Balaban J connectivity index is 1.14. The van der Waals surface area contributed by atoms with Crippen LogP contribution in [-0.4, -0.2) is 72.4 Å². The largest absolute Gasteiger partial charge is 0.493 e. The molecule has 2 aromatic carbocycles. The highest BCUT2D eigenvalue weighted by atomic mass is 19.4. The number of carbonyl (C=O) groups is 1. The molecule has 10 heteroatoms. The average Bonchev–Trinajstić information content (AvgIpc) is 2.91. The van der Waals surface area contributed by atoms with Gasteiger partial charge in [-0.25, -0.2) is 8.78 Å². The monoisotopic (exact) mass is 566 g/mol. The van der Waals surface area contributed by atoms with Gasteiger partial charge in [0, 0.05) is 25.2 Å². The number of amides is 1. The Morgan fingerprint density at radius 1 is 0.950 bits per heavy atom. The molecule has 0 spiro atoms. The van der Waals surface area contributed by atoms with Crippen molar-refractivity contribution in [3.8, 4) is 16.9 Å². The van der Waals surface area contributed by atoms with E-state index in [1.54, 1.807) is 24.3 Å². The van der Waals surface area contributed by atoms with Crippen molar-refractivity contribution in [2.75, 3.05) is 39.3 Å². The molecule has 0 bridgehead atoms. The topological polar surface area (TPSA) is 53.0 Å². The van der Waals surface area contributed by atoms with E-state index < -0.39 is 35.2 Å². The van der Waals surface area contributed by atoms with Gasteiger partial charge in [0.2, 0.25) is 0 Å². The number of carbonyl (C=O) groups excluding carboxylic acids is 1. The van der Waals surface area contributed by atoms with Crippen LogP contribution in [0, 0.1) is 23.0 Å². The lowest BCUT2D eigenvalue weighted by Crippen LogP contribution is -2.53. The van der Waals surface area contributed by atoms with E-state index in [-0.39, 0.29) is 43.0 Å². The number of rotatable bonds is 7. The molecule has 1 N–H and O–H groups in total. The molecule has 3 fully saturated rings. The number of halogens is 5. The number of piperidine rings is 2. The van der Waals surface area contributed by atoms with Crippen LogP contribution in [0.4, 0.5) is 22.0 Å². The average molecular weight is 567 g/mol. The van der Waals surface area contributed by atoms with Crippen LogP contribution in [0.25, 0.3) is 11.1 Å². The van der Waals surface area contributed by atoms with Crippen molar-refractivity contribution in [2.45, 2.75) is 57.2 Å². The summed E-state index contributed by atoms with van der Waals surface area (Å²) >= 11 is 0. The predicted molar refractivity (Wildman–Crippen MR) is 140 cm³/mol. The lowest BCUT2D eigenvalue weighted by Gasteiger charge is -2.47. The van der Waals surface area contributed by atoms with Crippen molar-refractivity contribution in [3.05, 3.63) is 53.6 Å². The molecule has 0 aromatic heterocycles. The number of hydrogen-bond donors (Lipinski definition) is 1. The minimum atomic E-state index is -4.15. The highest BCUT2D eigenvalue weighted by molar-refractivity contribution is 5.95. The minimum Gasteiger partial charge on any atom is -0.493 e. The van der Waals surface area contributed by atoms with Crippen LogP contribution in [-0.2, 0) is 0 Å². The van der Waals surface area contributed by atoms with Gasteiger partial charge in [0.15, 0.2) is 11.6 Å². The second-order valence-corrected chi connectivity index (χ2v) is 11.5. The molecule has 218 valence electrons. The Kier molecular flexibility index (Phi) is 8.38. The SMILES string of the molecule is O=C(c1ccc(-c2ccc(OCC3CCN(CC4(C(F)(F)F)CCC4)CC3)cc2)c(F)c1F)N1CCCC(O)C1. The van der Waals surface area contributed by atoms with Crippen molar-refractivity contribution in [1.82, 2.24) is 9.80 Å². The summed E-state index contributed by atoms with van der Waals surface area (Å²) in [6.07, 6.45) is -1.04. The van der Waals surface area contributed by atoms with Gasteiger partial charge in [-0.05, 0) is 81.3 Å². The normalized spacial score (nSPS) is 22.1. The van der Waals surface area contributed by atoms with Crippen LogP contribution >= 0.6 is 0 Å². The van der Waals surface area contributed by atoms with E-state index in [2.05, 4.69) is 0 Å². The number of nitrogens with zero attached hydrogens (tertiary/aromatic N) is 2. The molecular formula is C30H35F5N2O3. The van der Waals surface area contributed by atoms with Gasteiger partial charge in [0.25, 0.3) is 5.91 Å². The Hall–Kier alpha value is -2.72. The second-order valence-electron chi connectivity index (χ2n) is 11.5. The predicted octanol–water partition coefficient (Wildman–Crippen LogP) is 6.05. The van der Waals surface area contributed by atoms with Crippen molar-refractivity contribution in [3.63, 3.8) is 0 Å². The Morgan fingerprint density at radius 2 is 1.65 bits per heavy atom. The van der Waals surface area contributed by atoms with Gasteiger partial charge in [-0.1, -0.05) is 24.6 Å². The summed E-state index contributed by atoms with van der Waals surface area (Å²) in [5.74, 6) is -2.17. The first-order chi connectivity index (χ1) is 19.1. The van der Waals surface area contributed by atoms with Gasteiger partial charge in [-0.2, -0.15) is 13.2 Å². The van der Waals surface area contributed by atoms with E-state index in [1.165, 1.54) is 17.0 Å². The van der Waals surface area contributed by atoms with Crippen molar-refractivity contribution in [1.29, 1.82) is 0 Å². The summed E-state index contributed by atoms with van der Waals surface area (Å²) in [6.45, 7) is 2.24. The second kappa shape index (κ2) is 11.6. The number of β-amino-alcohol motifs (C(OH)–C–C–N with tert-alkyl or cyclic N) is 1. The molecule has 2 aromatic rings. The Bertz CT molecular complexity index is 1190.